The normalized spacial score (nSPS) is 21.2. The Morgan fingerprint density at radius 3 is 2.45 bits per heavy atom. The van der Waals surface area contributed by atoms with Crippen molar-refractivity contribution in [2.24, 2.45) is 7.05 Å². The van der Waals surface area contributed by atoms with Crippen LogP contribution in [-0.4, -0.2) is 131 Å². The fourth-order valence-corrected chi connectivity index (χ4v) is 7.80. The molecule has 1 aromatic carbocycles. The van der Waals surface area contributed by atoms with Crippen molar-refractivity contribution >= 4 is 65.1 Å². The second kappa shape index (κ2) is 14.2. The Hall–Kier alpha value is -5.02. The van der Waals surface area contributed by atoms with Crippen molar-refractivity contribution in [3.8, 4) is 5.75 Å². The van der Waals surface area contributed by atoms with Crippen molar-refractivity contribution in [3.63, 3.8) is 0 Å². The molecule has 4 heterocycles. The summed E-state index contributed by atoms with van der Waals surface area (Å²) in [6, 6.07) is 2.91. The molecular weight excluding hydrogens is 686 g/mol. The number of aliphatic carboxylic acids is 1. The number of piperazine rings is 1. The van der Waals surface area contributed by atoms with Crippen molar-refractivity contribution in [2.45, 2.75) is 36.1 Å². The topological polar surface area (TPSA) is 236 Å². The number of carbonyl (C=O) groups is 7. The number of carbonyl (C=O) groups excluding carboxylic acids is 6. The van der Waals surface area contributed by atoms with Crippen LogP contribution in [0, 0.1) is 0 Å². The molecule has 2 aromatic rings. The van der Waals surface area contributed by atoms with Gasteiger partial charge in [-0.1, -0.05) is 23.9 Å². The molecule has 5 rings (SSSR count). The Balaban J connectivity index is 1.40. The van der Waals surface area contributed by atoms with Crippen molar-refractivity contribution in [1.82, 2.24) is 45.5 Å². The first-order valence-corrected chi connectivity index (χ1v) is 16.7. The fraction of sp³-hybridized carbons (Fsp3) is 0.429. The molecule has 1 aromatic heterocycles. The Kier molecular flexibility index (Phi) is 10.2. The van der Waals surface area contributed by atoms with Gasteiger partial charge in [0.2, 0.25) is 11.1 Å². The van der Waals surface area contributed by atoms with E-state index in [-0.39, 0.29) is 48.1 Å². The number of amides is 6. The van der Waals surface area contributed by atoms with Crippen molar-refractivity contribution in [3.05, 3.63) is 41.1 Å². The number of rotatable bonds is 11. The molecule has 1 unspecified atom stereocenters. The van der Waals surface area contributed by atoms with E-state index in [4.69, 9.17) is 9.47 Å². The zero-order valence-electron chi connectivity index (χ0n) is 26.6. The Labute approximate surface area is 286 Å². The van der Waals surface area contributed by atoms with Crippen LogP contribution in [0.3, 0.4) is 0 Å². The molecule has 0 aliphatic carbocycles. The number of β-lactam (4-membered cyclic amide) rings is 1. The Morgan fingerprint density at radius 1 is 1.14 bits per heavy atom. The smallest absolute Gasteiger partial charge is 0.352 e. The highest BCUT2D eigenvalue weighted by Crippen LogP contribution is 2.47. The third kappa shape index (κ3) is 6.68. The van der Waals surface area contributed by atoms with Crippen LogP contribution in [0.4, 0.5) is 4.79 Å². The molecule has 19 nitrogen and oxygen atoms in total. The molecule has 3 aliphatic rings. The predicted octanol–water partition coefficient (Wildman–Crippen LogP) is -0.918. The molecule has 49 heavy (non-hydrogen) atoms. The SMILES string of the molecule is CCN1CCN(C(=O)NC(C(=O)N[C@]2(OC)C(=O)N3C(C(=O)O)=C(CSc4nnnn4C)CS[C@H]32)c2ccc(OC(C)=O)cc2)C(=O)C1=O. The molecule has 0 saturated carbocycles. The van der Waals surface area contributed by atoms with Gasteiger partial charge in [0.15, 0.2) is 0 Å². The van der Waals surface area contributed by atoms with Crippen molar-refractivity contribution in [1.29, 1.82) is 0 Å². The average Bonchev–Trinajstić information content (AvgIpc) is 3.49. The van der Waals surface area contributed by atoms with E-state index >= 15 is 0 Å². The molecule has 0 bridgehead atoms. The minimum Gasteiger partial charge on any atom is -0.477 e. The number of benzene rings is 1. The van der Waals surface area contributed by atoms with Crippen LogP contribution in [0.25, 0.3) is 0 Å². The molecule has 3 aliphatic heterocycles. The Bertz CT molecular complexity index is 1750. The molecule has 6 amide bonds. The number of ether oxygens (including phenoxy) is 2. The van der Waals surface area contributed by atoms with Gasteiger partial charge in [0.25, 0.3) is 11.6 Å². The van der Waals surface area contributed by atoms with Crippen LogP contribution >= 0.6 is 23.5 Å². The summed E-state index contributed by atoms with van der Waals surface area (Å²) in [6.07, 6.45) is 0. The summed E-state index contributed by atoms with van der Waals surface area (Å²) in [4.78, 5) is 93.1. The van der Waals surface area contributed by atoms with E-state index in [1.54, 1.807) is 14.0 Å². The van der Waals surface area contributed by atoms with Gasteiger partial charge in [0.05, 0.1) is 0 Å². The second-order valence-corrected chi connectivity index (χ2v) is 12.8. The van der Waals surface area contributed by atoms with Gasteiger partial charge < -0.3 is 30.1 Å². The van der Waals surface area contributed by atoms with Crippen LogP contribution in [0.1, 0.15) is 25.5 Å². The number of hydrogen-bond donors (Lipinski definition) is 3. The molecule has 2 saturated heterocycles. The van der Waals surface area contributed by atoms with E-state index in [2.05, 4.69) is 26.2 Å². The molecule has 21 heteroatoms. The predicted molar refractivity (Wildman–Crippen MR) is 168 cm³/mol. The maximum absolute atomic E-state index is 14.0. The highest BCUT2D eigenvalue weighted by molar-refractivity contribution is 8.01. The number of fused-ring (bicyclic) bond motifs is 1. The van der Waals surface area contributed by atoms with E-state index < -0.39 is 58.7 Å². The molecule has 0 spiro atoms. The number of carboxylic acid groups (broad SMARTS) is 1. The van der Waals surface area contributed by atoms with Crippen LogP contribution in [0.2, 0.25) is 0 Å². The van der Waals surface area contributed by atoms with Crippen LogP contribution in [0.5, 0.6) is 5.75 Å². The van der Waals surface area contributed by atoms with Gasteiger partial charge in [0.1, 0.15) is 22.9 Å². The monoisotopic (exact) mass is 717 g/mol. The fourth-order valence-electron chi connectivity index (χ4n) is 5.37. The first-order chi connectivity index (χ1) is 23.3. The number of nitrogens with zero attached hydrogens (tertiary/aromatic N) is 7. The summed E-state index contributed by atoms with van der Waals surface area (Å²) in [5.41, 5.74) is -1.72. The number of thioether (sulfide) groups is 2. The van der Waals surface area contributed by atoms with E-state index in [0.29, 0.717) is 15.6 Å². The van der Waals surface area contributed by atoms with Gasteiger partial charge in [-0.25, -0.2) is 14.3 Å². The lowest BCUT2D eigenvalue weighted by atomic mass is 9.97. The number of tetrazole rings is 1. The van der Waals surface area contributed by atoms with E-state index in [1.165, 1.54) is 59.6 Å². The minimum atomic E-state index is -2.03. The maximum atomic E-state index is 14.0. The summed E-state index contributed by atoms with van der Waals surface area (Å²) in [5, 5.41) is 25.7. The van der Waals surface area contributed by atoms with Crippen molar-refractivity contribution < 1.29 is 48.1 Å². The molecule has 3 atom stereocenters. The highest BCUT2D eigenvalue weighted by Gasteiger charge is 2.67. The third-order valence-electron chi connectivity index (χ3n) is 7.84. The molecule has 2 fully saturated rings. The van der Waals surface area contributed by atoms with Gasteiger partial charge in [-0.3, -0.25) is 33.8 Å². The number of aromatic nitrogens is 4. The van der Waals surface area contributed by atoms with E-state index in [1.807, 2.05) is 0 Å². The second-order valence-electron chi connectivity index (χ2n) is 10.8. The molecule has 260 valence electrons. The highest BCUT2D eigenvalue weighted by atomic mass is 32.2. The summed E-state index contributed by atoms with van der Waals surface area (Å²) >= 11 is 2.34. The van der Waals surface area contributed by atoms with Crippen LogP contribution < -0.4 is 15.4 Å². The van der Waals surface area contributed by atoms with Crippen molar-refractivity contribution in [2.75, 3.05) is 38.2 Å². The lowest BCUT2D eigenvalue weighted by Crippen LogP contribution is -2.81. The number of imide groups is 1. The number of esters is 1. The summed E-state index contributed by atoms with van der Waals surface area (Å²) < 4.78 is 12.0. The number of nitrogens with one attached hydrogen (secondary N) is 2. The minimum absolute atomic E-state index is 0.0911. The number of methoxy groups -OCH3 is 1. The number of aryl methyl sites for hydroxylation is 1. The average molecular weight is 718 g/mol. The first kappa shape index (κ1) is 35.3. The number of hydrogen-bond acceptors (Lipinski definition) is 14. The zero-order chi connectivity index (χ0) is 35.6. The largest absolute Gasteiger partial charge is 0.477 e. The lowest BCUT2D eigenvalue weighted by molar-refractivity contribution is -0.192. The molecule has 0 radical (unpaired) electrons. The number of likely N-dealkylation sites (N-methyl/N-ethyl adjacent to an activating group) is 1. The Morgan fingerprint density at radius 2 is 1.86 bits per heavy atom. The van der Waals surface area contributed by atoms with Crippen LogP contribution in [-0.2, 0) is 40.6 Å². The molecule has 3 N–H and O–H groups in total. The number of carboxylic acids is 1. The first-order valence-electron chi connectivity index (χ1n) is 14.6. The summed E-state index contributed by atoms with van der Waals surface area (Å²) in [7, 11) is 2.80. The zero-order valence-corrected chi connectivity index (χ0v) is 28.2. The lowest BCUT2D eigenvalue weighted by Gasteiger charge is -2.56. The van der Waals surface area contributed by atoms with E-state index in [9.17, 15) is 38.7 Å². The molecular formula is C28H31N9O10S2. The quantitative estimate of drug-likeness (QED) is 0.0637. The number of urea groups is 1. The van der Waals surface area contributed by atoms with E-state index in [0.717, 1.165) is 16.7 Å². The summed E-state index contributed by atoms with van der Waals surface area (Å²) in [5.74, 6) is -5.26. The van der Waals surface area contributed by atoms with Gasteiger partial charge in [-0.05, 0) is 40.6 Å². The summed E-state index contributed by atoms with van der Waals surface area (Å²) in [6.45, 7) is 3.12. The van der Waals surface area contributed by atoms with Crippen LogP contribution in [0.15, 0.2) is 40.7 Å². The van der Waals surface area contributed by atoms with Gasteiger partial charge >= 0.3 is 29.8 Å². The van der Waals surface area contributed by atoms with Gasteiger partial charge in [-0.2, -0.15) is 0 Å². The van der Waals surface area contributed by atoms with Gasteiger partial charge in [-0.15, -0.1) is 16.9 Å². The van der Waals surface area contributed by atoms with Gasteiger partial charge in [0, 0.05) is 52.2 Å². The maximum Gasteiger partial charge on any atom is 0.352 e. The standard InChI is InChI=1S/C28H31N9O10S2/c1-5-35-10-11-36(22(41)21(35)40)26(45)29-18(15-6-8-17(9-7-15)47-14(2)38)20(39)30-28(46-4)24(44)37-19(23(42)43)16(12-48-25(28)37)13-49-27-31-32-33-34(27)3/h6-9,18,25H,5,10-13H2,1-4H3,(H,29,45)(H,30,39)(H,42,43)/t18?,25-,28-/m0/s1. The third-order valence-corrected chi connectivity index (χ3v) is 10.3.